The van der Waals surface area contributed by atoms with E-state index in [1.165, 1.54) is 17.0 Å². The van der Waals surface area contributed by atoms with E-state index in [0.29, 0.717) is 5.56 Å². The summed E-state index contributed by atoms with van der Waals surface area (Å²) >= 11 is 0. The first-order valence-electron chi connectivity index (χ1n) is 9.05. The number of hydrogen-bond donors (Lipinski definition) is 0. The van der Waals surface area contributed by atoms with Crippen molar-refractivity contribution in [2.75, 3.05) is 11.6 Å². The van der Waals surface area contributed by atoms with Gasteiger partial charge in [0.2, 0.25) is 5.91 Å². The van der Waals surface area contributed by atoms with E-state index < -0.39 is 23.0 Å². The zero-order valence-corrected chi connectivity index (χ0v) is 15.4. The third-order valence-electron chi connectivity index (χ3n) is 5.32. The summed E-state index contributed by atoms with van der Waals surface area (Å²) < 4.78 is 0. The SMILES string of the molecule is CCN1C(=O)C2ON(c3ccccc3C)C(c3ccc([N+](=O)[O-])cc3)C2C1=O. The fraction of sp³-hybridized carbons (Fsp3) is 0.300. The number of aryl methyl sites for hydroxylation is 1. The third-order valence-corrected chi connectivity index (χ3v) is 5.32. The number of imide groups is 1. The molecule has 0 spiro atoms. The molecule has 2 aliphatic heterocycles. The largest absolute Gasteiger partial charge is 0.280 e. The summed E-state index contributed by atoms with van der Waals surface area (Å²) in [6, 6.07) is 13.0. The molecule has 2 aromatic rings. The number of amides is 2. The van der Waals surface area contributed by atoms with E-state index in [2.05, 4.69) is 0 Å². The predicted octanol–water partition coefficient (Wildman–Crippen LogP) is 2.77. The number of benzene rings is 2. The molecule has 0 saturated carbocycles. The first-order valence-corrected chi connectivity index (χ1v) is 9.05. The van der Waals surface area contributed by atoms with Crippen LogP contribution < -0.4 is 5.06 Å². The van der Waals surface area contributed by atoms with Crippen LogP contribution in [0.1, 0.15) is 24.1 Å². The molecule has 8 heteroatoms. The van der Waals surface area contributed by atoms with Gasteiger partial charge in [0.15, 0.2) is 6.10 Å². The van der Waals surface area contributed by atoms with Gasteiger partial charge in [-0.25, -0.2) is 5.06 Å². The Morgan fingerprint density at radius 2 is 1.75 bits per heavy atom. The van der Waals surface area contributed by atoms with Gasteiger partial charge in [0.05, 0.1) is 16.7 Å². The van der Waals surface area contributed by atoms with E-state index in [-0.39, 0.29) is 24.0 Å². The second-order valence-electron chi connectivity index (χ2n) is 6.88. The second kappa shape index (κ2) is 6.72. The molecule has 8 nitrogen and oxygen atoms in total. The van der Waals surface area contributed by atoms with Crippen molar-refractivity contribution in [1.29, 1.82) is 0 Å². The molecule has 0 aliphatic carbocycles. The molecule has 2 fully saturated rings. The quantitative estimate of drug-likeness (QED) is 0.459. The summed E-state index contributed by atoms with van der Waals surface area (Å²) in [5, 5.41) is 12.6. The predicted molar refractivity (Wildman–Crippen MR) is 100 cm³/mol. The summed E-state index contributed by atoms with van der Waals surface area (Å²) in [7, 11) is 0. The van der Waals surface area contributed by atoms with Gasteiger partial charge < -0.3 is 0 Å². The minimum atomic E-state index is -0.896. The molecule has 4 rings (SSSR count). The Kier molecular flexibility index (Phi) is 4.35. The standard InChI is InChI=1S/C20H19N3O5/c1-3-21-19(24)16-17(13-8-10-14(11-9-13)23(26)27)22(28-18(16)20(21)25)15-7-5-4-6-12(15)2/h4-11,16-18H,3H2,1-2H3. The van der Waals surface area contributed by atoms with Crippen molar-refractivity contribution >= 4 is 23.2 Å². The lowest BCUT2D eigenvalue weighted by Crippen LogP contribution is -2.37. The van der Waals surface area contributed by atoms with Gasteiger partial charge in [0.1, 0.15) is 5.92 Å². The molecule has 28 heavy (non-hydrogen) atoms. The first-order chi connectivity index (χ1) is 13.4. The lowest BCUT2D eigenvalue weighted by atomic mass is 9.90. The topological polar surface area (TPSA) is 93.0 Å². The number of hydrogen-bond acceptors (Lipinski definition) is 6. The van der Waals surface area contributed by atoms with Crippen LogP contribution in [0.15, 0.2) is 48.5 Å². The summed E-state index contributed by atoms with van der Waals surface area (Å²) in [5.74, 6) is -1.33. The maximum atomic E-state index is 12.9. The normalized spacial score (nSPS) is 24.0. The summed E-state index contributed by atoms with van der Waals surface area (Å²) in [5.41, 5.74) is 2.33. The summed E-state index contributed by atoms with van der Waals surface area (Å²) in [6.07, 6.45) is -0.896. The number of nitrogens with zero attached hydrogens (tertiary/aromatic N) is 3. The minimum absolute atomic E-state index is 0.0364. The Balaban J connectivity index is 1.81. The maximum Gasteiger partial charge on any atom is 0.269 e. The Morgan fingerprint density at radius 1 is 1.07 bits per heavy atom. The molecule has 0 aromatic heterocycles. The number of carbonyl (C=O) groups excluding carboxylic acids is 2. The molecule has 0 radical (unpaired) electrons. The van der Waals surface area contributed by atoms with Crippen molar-refractivity contribution in [1.82, 2.24) is 4.90 Å². The van der Waals surface area contributed by atoms with Crippen LogP contribution in [-0.4, -0.2) is 34.3 Å². The fourth-order valence-corrected chi connectivity index (χ4v) is 3.94. The van der Waals surface area contributed by atoms with E-state index in [1.54, 1.807) is 24.1 Å². The number of likely N-dealkylation sites (N-methyl/N-ethyl adjacent to an activating group) is 1. The number of non-ortho nitro benzene ring substituents is 1. The summed E-state index contributed by atoms with van der Waals surface area (Å²) in [6.45, 7) is 3.95. The number of nitro groups is 1. The van der Waals surface area contributed by atoms with Crippen LogP contribution in [0.3, 0.4) is 0 Å². The Morgan fingerprint density at radius 3 is 2.36 bits per heavy atom. The zero-order valence-electron chi connectivity index (χ0n) is 15.4. The van der Waals surface area contributed by atoms with Crippen molar-refractivity contribution in [2.45, 2.75) is 26.0 Å². The number of nitro benzene ring substituents is 1. The number of likely N-dealkylation sites (tertiary alicyclic amines) is 1. The van der Waals surface area contributed by atoms with Crippen LogP contribution >= 0.6 is 0 Å². The summed E-state index contributed by atoms with van der Waals surface area (Å²) in [4.78, 5) is 43.3. The van der Waals surface area contributed by atoms with Crippen LogP contribution in [0.4, 0.5) is 11.4 Å². The average molecular weight is 381 g/mol. The number of rotatable bonds is 4. The fourth-order valence-electron chi connectivity index (χ4n) is 3.94. The van der Waals surface area contributed by atoms with Crippen LogP contribution in [-0.2, 0) is 14.4 Å². The molecule has 3 unspecified atom stereocenters. The van der Waals surface area contributed by atoms with E-state index in [4.69, 9.17) is 4.84 Å². The lowest BCUT2D eigenvalue weighted by Gasteiger charge is -2.29. The molecule has 144 valence electrons. The van der Waals surface area contributed by atoms with Crippen LogP contribution in [0.5, 0.6) is 0 Å². The van der Waals surface area contributed by atoms with Crippen LogP contribution in [0, 0.1) is 23.0 Å². The highest BCUT2D eigenvalue weighted by molar-refractivity contribution is 6.07. The zero-order chi connectivity index (χ0) is 20.0. The van der Waals surface area contributed by atoms with Crippen LogP contribution in [0.2, 0.25) is 0 Å². The molecular weight excluding hydrogens is 362 g/mol. The van der Waals surface area contributed by atoms with Gasteiger partial charge >= 0.3 is 0 Å². The average Bonchev–Trinajstić information content (AvgIpc) is 3.18. The highest BCUT2D eigenvalue weighted by Crippen LogP contribution is 2.47. The molecule has 2 saturated heterocycles. The van der Waals surface area contributed by atoms with Crippen molar-refractivity contribution in [3.63, 3.8) is 0 Å². The minimum Gasteiger partial charge on any atom is -0.280 e. The molecule has 2 aliphatic rings. The van der Waals surface area contributed by atoms with Gasteiger partial charge in [-0.15, -0.1) is 0 Å². The molecule has 2 amide bonds. The number of para-hydroxylation sites is 1. The highest BCUT2D eigenvalue weighted by Gasteiger charge is 2.59. The smallest absolute Gasteiger partial charge is 0.269 e. The Bertz CT molecular complexity index is 959. The van der Waals surface area contributed by atoms with Crippen molar-refractivity contribution < 1.29 is 19.3 Å². The van der Waals surface area contributed by atoms with E-state index in [0.717, 1.165) is 11.3 Å². The number of anilines is 1. The number of hydroxylamine groups is 1. The van der Waals surface area contributed by atoms with Gasteiger partial charge in [0.25, 0.3) is 11.6 Å². The highest BCUT2D eigenvalue weighted by atomic mass is 16.7. The molecule has 2 aromatic carbocycles. The Hall–Kier alpha value is -3.26. The maximum absolute atomic E-state index is 12.9. The van der Waals surface area contributed by atoms with Crippen molar-refractivity contribution in [3.05, 3.63) is 69.8 Å². The van der Waals surface area contributed by atoms with Gasteiger partial charge in [-0.1, -0.05) is 30.3 Å². The molecule has 0 bridgehead atoms. The van der Waals surface area contributed by atoms with Gasteiger partial charge in [-0.3, -0.25) is 29.4 Å². The van der Waals surface area contributed by atoms with Crippen molar-refractivity contribution in [2.24, 2.45) is 5.92 Å². The van der Waals surface area contributed by atoms with E-state index in [9.17, 15) is 19.7 Å². The third kappa shape index (κ3) is 2.65. The second-order valence-corrected chi connectivity index (χ2v) is 6.88. The molecule has 3 atom stereocenters. The van der Waals surface area contributed by atoms with Gasteiger partial charge in [-0.05, 0) is 31.0 Å². The first kappa shape index (κ1) is 18.1. The van der Waals surface area contributed by atoms with Gasteiger partial charge in [-0.2, -0.15) is 0 Å². The number of carbonyl (C=O) groups is 2. The molecule has 2 heterocycles. The van der Waals surface area contributed by atoms with Crippen LogP contribution in [0.25, 0.3) is 0 Å². The van der Waals surface area contributed by atoms with E-state index >= 15 is 0 Å². The lowest BCUT2D eigenvalue weighted by molar-refractivity contribution is -0.384. The van der Waals surface area contributed by atoms with Crippen molar-refractivity contribution in [3.8, 4) is 0 Å². The van der Waals surface area contributed by atoms with E-state index in [1.807, 2.05) is 31.2 Å². The number of fused-ring (bicyclic) bond motifs is 1. The Labute approximate surface area is 161 Å². The molecule has 0 N–H and O–H groups in total. The monoisotopic (exact) mass is 381 g/mol. The molecular formula is C20H19N3O5. The van der Waals surface area contributed by atoms with Gasteiger partial charge in [0, 0.05) is 18.7 Å².